The molecule has 0 aromatic heterocycles. The Balaban J connectivity index is 1.99. The molecule has 1 aromatic rings. The van der Waals surface area contributed by atoms with Crippen LogP contribution in [0.25, 0.3) is 0 Å². The van der Waals surface area contributed by atoms with Crippen LogP contribution in [-0.2, 0) is 0 Å². The number of methoxy groups -OCH3 is 1. The molecule has 1 fully saturated rings. The van der Waals surface area contributed by atoms with E-state index >= 15 is 0 Å². The molecule has 0 aliphatic heterocycles. The summed E-state index contributed by atoms with van der Waals surface area (Å²) >= 11 is 0. The normalized spacial score (nSPS) is 28.1. The van der Waals surface area contributed by atoms with Gasteiger partial charge in [0.25, 0.3) is 0 Å². The Hall–Kier alpha value is -1.09. The molecule has 20 heavy (non-hydrogen) atoms. The summed E-state index contributed by atoms with van der Waals surface area (Å²) in [7, 11) is 1.50. The molecule has 0 spiro atoms. The highest BCUT2D eigenvalue weighted by molar-refractivity contribution is 5.32. The first-order valence-electron chi connectivity index (χ1n) is 7.60. The van der Waals surface area contributed by atoms with E-state index in [1.807, 2.05) is 6.07 Å². The minimum atomic E-state index is -0.302. The number of ether oxygens (including phenoxy) is 1. The molecule has 0 heterocycles. The van der Waals surface area contributed by atoms with E-state index < -0.39 is 0 Å². The molecule has 0 amide bonds. The summed E-state index contributed by atoms with van der Waals surface area (Å²) in [5.74, 6) is 1.62. The molecule has 1 aliphatic rings. The fourth-order valence-electron chi connectivity index (χ4n) is 3.09. The average molecular weight is 279 g/mol. The second kappa shape index (κ2) is 6.57. The lowest BCUT2D eigenvalue weighted by atomic mass is 9.79. The lowest BCUT2D eigenvalue weighted by Crippen LogP contribution is -2.37. The third-order valence-electron chi connectivity index (χ3n) is 4.76. The van der Waals surface area contributed by atoms with E-state index in [2.05, 4.69) is 26.1 Å². The fourth-order valence-corrected chi connectivity index (χ4v) is 3.09. The van der Waals surface area contributed by atoms with Gasteiger partial charge in [0.05, 0.1) is 7.11 Å². The van der Waals surface area contributed by atoms with E-state index in [0.29, 0.717) is 11.8 Å². The van der Waals surface area contributed by atoms with Gasteiger partial charge in [0.15, 0.2) is 11.6 Å². The van der Waals surface area contributed by atoms with Gasteiger partial charge in [0, 0.05) is 12.1 Å². The van der Waals surface area contributed by atoms with Crippen LogP contribution in [0.4, 0.5) is 4.39 Å². The molecule has 112 valence electrons. The maximum Gasteiger partial charge on any atom is 0.165 e. The van der Waals surface area contributed by atoms with Gasteiger partial charge in [0.2, 0.25) is 0 Å². The molecule has 0 radical (unpaired) electrons. The molecular weight excluding hydrogens is 253 g/mol. The van der Waals surface area contributed by atoms with Crippen LogP contribution in [0.2, 0.25) is 0 Å². The molecule has 3 heteroatoms. The van der Waals surface area contributed by atoms with Gasteiger partial charge in [-0.25, -0.2) is 4.39 Å². The lowest BCUT2D eigenvalue weighted by molar-refractivity contribution is 0.217. The summed E-state index contributed by atoms with van der Waals surface area (Å²) in [6, 6.07) is 5.90. The molecule has 4 unspecified atom stereocenters. The van der Waals surface area contributed by atoms with Crippen molar-refractivity contribution in [3.05, 3.63) is 29.6 Å². The lowest BCUT2D eigenvalue weighted by Gasteiger charge is -2.34. The minimum Gasteiger partial charge on any atom is -0.494 e. The standard InChI is InChI=1S/C17H26FNO/c1-11-5-7-15(9-12(11)2)19-13(3)14-6-8-16(18)17(10-14)20-4/h6,8,10-13,15,19H,5,7,9H2,1-4H3. The van der Waals surface area contributed by atoms with Gasteiger partial charge in [-0.1, -0.05) is 19.9 Å². The Morgan fingerprint density at radius 3 is 2.65 bits per heavy atom. The molecule has 4 atom stereocenters. The van der Waals surface area contributed by atoms with Crippen molar-refractivity contribution in [2.24, 2.45) is 11.8 Å². The highest BCUT2D eigenvalue weighted by Crippen LogP contribution is 2.31. The highest BCUT2D eigenvalue weighted by Gasteiger charge is 2.25. The molecule has 0 bridgehead atoms. The zero-order valence-electron chi connectivity index (χ0n) is 12.9. The van der Waals surface area contributed by atoms with E-state index in [1.165, 1.54) is 32.4 Å². The van der Waals surface area contributed by atoms with Crippen molar-refractivity contribution in [3.63, 3.8) is 0 Å². The molecule has 1 aromatic carbocycles. The average Bonchev–Trinajstić information content (AvgIpc) is 2.43. The van der Waals surface area contributed by atoms with Crippen LogP contribution in [0.1, 0.15) is 51.6 Å². The number of hydrogen-bond acceptors (Lipinski definition) is 2. The van der Waals surface area contributed by atoms with E-state index in [-0.39, 0.29) is 11.9 Å². The molecule has 0 saturated heterocycles. The van der Waals surface area contributed by atoms with Crippen molar-refractivity contribution in [2.45, 2.75) is 52.1 Å². The van der Waals surface area contributed by atoms with E-state index in [4.69, 9.17) is 4.74 Å². The van der Waals surface area contributed by atoms with Crippen molar-refractivity contribution in [3.8, 4) is 5.75 Å². The summed E-state index contributed by atoms with van der Waals surface area (Å²) in [6.45, 7) is 6.81. The summed E-state index contributed by atoms with van der Waals surface area (Å²) in [4.78, 5) is 0. The van der Waals surface area contributed by atoms with Crippen LogP contribution < -0.4 is 10.1 Å². The third kappa shape index (κ3) is 3.51. The van der Waals surface area contributed by atoms with Crippen molar-refractivity contribution >= 4 is 0 Å². The van der Waals surface area contributed by atoms with Crippen LogP contribution in [-0.4, -0.2) is 13.2 Å². The first kappa shape index (κ1) is 15.3. The Bertz CT molecular complexity index is 449. The van der Waals surface area contributed by atoms with Crippen LogP contribution >= 0.6 is 0 Å². The number of halogens is 1. The Morgan fingerprint density at radius 1 is 1.25 bits per heavy atom. The molecule has 2 nitrogen and oxygen atoms in total. The summed E-state index contributed by atoms with van der Waals surface area (Å²) in [5, 5.41) is 3.68. The number of nitrogens with one attached hydrogen (secondary N) is 1. The summed E-state index contributed by atoms with van der Waals surface area (Å²) in [5.41, 5.74) is 1.08. The third-order valence-corrected chi connectivity index (χ3v) is 4.76. The van der Waals surface area contributed by atoms with Crippen molar-refractivity contribution in [2.75, 3.05) is 7.11 Å². The first-order chi connectivity index (χ1) is 9.51. The van der Waals surface area contributed by atoms with Gasteiger partial charge >= 0.3 is 0 Å². The van der Waals surface area contributed by atoms with Crippen molar-refractivity contribution in [1.82, 2.24) is 5.32 Å². The largest absolute Gasteiger partial charge is 0.494 e. The summed E-state index contributed by atoms with van der Waals surface area (Å²) < 4.78 is 18.5. The Morgan fingerprint density at radius 2 is 2.00 bits per heavy atom. The highest BCUT2D eigenvalue weighted by atomic mass is 19.1. The van der Waals surface area contributed by atoms with E-state index in [9.17, 15) is 4.39 Å². The van der Waals surface area contributed by atoms with Crippen LogP contribution in [0.15, 0.2) is 18.2 Å². The Kier molecular flexibility index (Phi) is 5.03. The van der Waals surface area contributed by atoms with Crippen molar-refractivity contribution in [1.29, 1.82) is 0 Å². The maximum atomic E-state index is 13.4. The van der Waals surface area contributed by atoms with Gasteiger partial charge < -0.3 is 10.1 Å². The first-order valence-corrected chi connectivity index (χ1v) is 7.60. The van der Waals surface area contributed by atoms with Gasteiger partial charge in [0.1, 0.15) is 0 Å². The predicted octanol–water partition coefficient (Wildman–Crippen LogP) is 4.31. The molecule has 1 aliphatic carbocycles. The van der Waals surface area contributed by atoms with Gasteiger partial charge in [-0.2, -0.15) is 0 Å². The predicted molar refractivity (Wildman–Crippen MR) is 80.5 cm³/mol. The zero-order valence-corrected chi connectivity index (χ0v) is 12.9. The fraction of sp³-hybridized carbons (Fsp3) is 0.647. The van der Waals surface area contributed by atoms with Crippen LogP contribution in [0.5, 0.6) is 5.75 Å². The topological polar surface area (TPSA) is 21.3 Å². The van der Waals surface area contributed by atoms with Crippen LogP contribution in [0.3, 0.4) is 0 Å². The smallest absolute Gasteiger partial charge is 0.165 e. The second-order valence-corrected chi connectivity index (χ2v) is 6.25. The van der Waals surface area contributed by atoms with E-state index in [0.717, 1.165) is 17.4 Å². The SMILES string of the molecule is COc1cc(C(C)NC2CCC(C)C(C)C2)ccc1F. The number of benzene rings is 1. The van der Waals surface area contributed by atoms with Crippen LogP contribution in [0, 0.1) is 17.7 Å². The molecule has 2 rings (SSSR count). The number of hydrogen-bond donors (Lipinski definition) is 1. The van der Waals surface area contributed by atoms with E-state index in [1.54, 1.807) is 6.07 Å². The monoisotopic (exact) mass is 279 g/mol. The molecule has 1 N–H and O–H groups in total. The van der Waals surface area contributed by atoms with Crippen molar-refractivity contribution < 1.29 is 9.13 Å². The second-order valence-electron chi connectivity index (χ2n) is 6.25. The number of rotatable bonds is 4. The van der Waals surface area contributed by atoms with Gasteiger partial charge in [-0.15, -0.1) is 0 Å². The van der Waals surface area contributed by atoms with Gasteiger partial charge in [-0.05, 0) is 55.7 Å². The molecule has 1 saturated carbocycles. The Labute approximate surface area is 121 Å². The molecular formula is C17H26FNO. The quantitative estimate of drug-likeness (QED) is 0.886. The minimum absolute atomic E-state index is 0.218. The zero-order chi connectivity index (χ0) is 14.7. The summed E-state index contributed by atoms with van der Waals surface area (Å²) in [6.07, 6.45) is 3.75. The van der Waals surface area contributed by atoms with Gasteiger partial charge in [-0.3, -0.25) is 0 Å². The maximum absolute atomic E-state index is 13.4.